The molecule has 0 radical (unpaired) electrons. The van der Waals surface area contributed by atoms with Crippen molar-refractivity contribution in [3.63, 3.8) is 0 Å². The van der Waals surface area contributed by atoms with Crippen LogP contribution in [0.5, 0.6) is 5.75 Å². The van der Waals surface area contributed by atoms with Gasteiger partial charge in [0.1, 0.15) is 5.75 Å². The first-order valence-corrected chi connectivity index (χ1v) is 7.07. The minimum Gasteiger partial charge on any atom is -0.508 e. The Balaban J connectivity index is 1.63. The molecule has 0 bridgehead atoms. The summed E-state index contributed by atoms with van der Waals surface area (Å²) < 4.78 is 5.10. The number of benzene rings is 1. The number of hydrogen-bond donors (Lipinski definition) is 2. The van der Waals surface area contributed by atoms with E-state index in [4.69, 9.17) is 4.52 Å². The molecule has 1 aliphatic carbocycles. The Morgan fingerprint density at radius 1 is 1.45 bits per heavy atom. The largest absolute Gasteiger partial charge is 0.508 e. The van der Waals surface area contributed by atoms with Crippen LogP contribution in [0.15, 0.2) is 22.7 Å². The van der Waals surface area contributed by atoms with Gasteiger partial charge in [0.15, 0.2) is 5.82 Å². The molecule has 5 nitrogen and oxygen atoms in total. The fraction of sp³-hybridized carbons (Fsp3) is 0.467. The maximum Gasteiger partial charge on any atom is 0.227 e. The van der Waals surface area contributed by atoms with Crippen molar-refractivity contribution in [2.24, 2.45) is 0 Å². The second kappa shape index (κ2) is 5.63. The van der Waals surface area contributed by atoms with Crippen LogP contribution in [0.1, 0.15) is 41.7 Å². The van der Waals surface area contributed by atoms with E-state index >= 15 is 0 Å². The molecule has 0 aliphatic heterocycles. The number of hydrogen-bond acceptors (Lipinski definition) is 5. The van der Waals surface area contributed by atoms with E-state index in [0.717, 1.165) is 25.8 Å². The molecule has 0 spiro atoms. The first kappa shape index (κ1) is 13.1. The highest BCUT2D eigenvalue weighted by Crippen LogP contribution is 2.31. The lowest BCUT2D eigenvalue weighted by Crippen LogP contribution is -2.27. The van der Waals surface area contributed by atoms with Crippen LogP contribution >= 0.6 is 0 Å². The van der Waals surface area contributed by atoms with Gasteiger partial charge in [0.05, 0.1) is 0 Å². The summed E-state index contributed by atoms with van der Waals surface area (Å²) in [7, 11) is 0. The Kier molecular flexibility index (Phi) is 3.69. The quantitative estimate of drug-likeness (QED) is 0.894. The molecule has 1 aliphatic rings. The van der Waals surface area contributed by atoms with Crippen LogP contribution < -0.4 is 5.32 Å². The number of rotatable bonds is 4. The van der Waals surface area contributed by atoms with Gasteiger partial charge in [-0.15, -0.1) is 0 Å². The van der Waals surface area contributed by atoms with Gasteiger partial charge in [0.2, 0.25) is 5.89 Å². The van der Waals surface area contributed by atoms with Crippen molar-refractivity contribution < 1.29 is 9.63 Å². The number of nitrogens with zero attached hydrogens (tertiary/aromatic N) is 2. The lowest BCUT2D eigenvalue weighted by Gasteiger charge is -2.26. The van der Waals surface area contributed by atoms with Crippen LogP contribution in [-0.4, -0.2) is 21.8 Å². The van der Waals surface area contributed by atoms with Gasteiger partial charge in [-0.3, -0.25) is 0 Å². The van der Waals surface area contributed by atoms with Crippen molar-refractivity contribution in [3.05, 3.63) is 41.0 Å². The molecule has 0 saturated heterocycles. The Hall–Kier alpha value is -1.88. The lowest BCUT2D eigenvalue weighted by atomic mass is 9.87. The van der Waals surface area contributed by atoms with Crippen LogP contribution in [0.2, 0.25) is 0 Å². The lowest BCUT2D eigenvalue weighted by molar-refractivity contribution is 0.365. The minimum absolute atomic E-state index is 0.301. The zero-order valence-corrected chi connectivity index (χ0v) is 11.6. The van der Waals surface area contributed by atoms with E-state index in [1.807, 2.05) is 19.1 Å². The van der Waals surface area contributed by atoms with Crippen LogP contribution in [0, 0.1) is 6.92 Å². The van der Waals surface area contributed by atoms with Gasteiger partial charge >= 0.3 is 0 Å². The topological polar surface area (TPSA) is 71.2 Å². The summed E-state index contributed by atoms with van der Waals surface area (Å²) in [6.07, 6.45) is 4.09. The number of nitrogens with one attached hydrogen (secondary N) is 1. The van der Waals surface area contributed by atoms with E-state index < -0.39 is 0 Å². The van der Waals surface area contributed by atoms with E-state index in [0.29, 0.717) is 23.5 Å². The highest BCUT2D eigenvalue weighted by molar-refractivity contribution is 5.38. The number of phenolic OH excluding ortho intramolecular Hbond substituents is 1. The molecule has 1 atom stereocenters. The zero-order valence-electron chi connectivity index (χ0n) is 11.6. The van der Waals surface area contributed by atoms with Crippen LogP contribution in [0.3, 0.4) is 0 Å². The molecular weight excluding hydrogens is 254 g/mol. The second-order valence-corrected chi connectivity index (χ2v) is 5.27. The highest BCUT2D eigenvalue weighted by atomic mass is 16.5. The third kappa shape index (κ3) is 2.82. The fourth-order valence-electron chi connectivity index (χ4n) is 2.79. The number of phenols is 1. The summed E-state index contributed by atoms with van der Waals surface area (Å²) in [5, 5.41) is 17.0. The van der Waals surface area contributed by atoms with E-state index in [1.54, 1.807) is 6.07 Å². The maximum atomic E-state index is 9.65. The Morgan fingerprint density at radius 2 is 2.35 bits per heavy atom. The van der Waals surface area contributed by atoms with Crippen molar-refractivity contribution in [2.45, 2.75) is 38.6 Å². The molecule has 0 fully saturated rings. The number of aromatic nitrogens is 2. The summed E-state index contributed by atoms with van der Waals surface area (Å²) >= 11 is 0. The average molecular weight is 273 g/mol. The molecule has 1 aromatic carbocycles. The third-order valence-corrected chi connectivity index (χ3v) is 3.74. The predicted molar refractivity (Wildman–Crippen MR) is 74.5 cm³/mol. The fourth-order valence-corrected chi connectivity index (χ4v) is 2.79. The van der Waals surface area contributed by atoms with Gasteiger partial charge in [0, 0.05) is 19.0 Å². The normalized spacial score (nSPS) is 17.9. The zero-order chi connectivity index (χ0) is 13.9. The highest BCUT2D eigenvalue weighted by Gasteiger charge is 2.20. The second-order valence-electron chi connectivity index (χ2n) is 5.27. The van der Waals surface area contributed by atoms with Gasteiger partial charge in [-0.05, 0) is 49.4 Å². The smallest absolute Gasteiger partial charge is 0.227 e. The van der Waals surface area contributed by atoms with E-state index in [2.05, 4.69) is 15.5 Å². The summed E-state index contributed by atoms with van der Waals surface area (Å²) in [6.45, 7) is 2.61. The molecule has 106 valence electrons. The monoisotopic (exact) mass is 273 g/mol. The molecule has 1 unspecified atom stereocenters. The molecule has 1 heterocycles. The van der Waals surface area contributed by atoms with Gasteiger partial charge in [-0.1, -0.05) is 11.2 Å². The van der Waals surface area contributed by atoms with Gasteiger partial charge < -0.3 is 14.9 Å². The molecule has 5 heteroatoms. The van der Waals surface area contributed by atoms with Crippen molar-refractivity contribution in [1.29, 1.82) is 0 Å². The van der Waals surface area contributed by atoms with Crippen LogP contribution in [-0.2, 0) is 12.8 Å². The third-order valence-electron chi connectivity index (χ3n) is 3.74. The van der Waals surface area contributed by atoms with Gasteiger partial charge in [-0.2, -0.15) is 4.98 Å². The minimum atomic E-state index is 0.301. The molecule has 1 aromatic heterocycles. The number of aromatic hydroxyl groups is 1. The number of aryl methyl sites for hydroxylation is 2. The molecular formula is C15H19N3O2. The summed E-state index contributed by atoms with van der Waals surface area (Å²) in [6, 6.07) is 5.97. The summed E-state index contributed by atoms with van der Waals surface area (Å²) in [5.74, 6) is 1.68. The van der Waals surface area contributed by atoms with Gasteiger partial charge in [0.25, 0.3) is 0 Å². The van der Waals surface area contributed by atoms with Crippen molar-refractivity contribution >= 4 is 0 Å². The Bertz CT molecular complexity index is 595. The standard InChI is InChI=1S/C15H19N3O2/c1-10-17-15(20-18-10)7-8-16-14-4-2-3-11-5-6-12(19)9-13(11)14/h5-6,9,14,16,19H,2-4,7-8H2,1H3. The van der Waals surface area contributed by atoms with E-state index in [-0.39, 0.29) is 0 Å². The molecule has 2 N–H and O–H groups in total. The SMILES string of the molecule is Cc1noc(CCNC2CCCc3ccc(O)cc32)n1. The number of fused-ring (bicyclic) bond motifs is 1. The van der Waals surface area contributed by atoms with Crippen LogP contribution in [0.25, 0.3) is 0 Å². The van der Waals surface area contributed by atoms with Crippen LogP contribution in [0.4, 0.5) is 0 Å². The summed E-state index contributed by atoms with van der Waals surface area (Å²) in [5.41, 5.74) is 2.55. The first-order valence-electron chi connectivity index (χ1n) is 7.07. The first-order chi connectivity index (χ1) is 9.72. The molecule has 20 heavy (non-hydrogen) atoms. The van der Waals surface area contributed by atoms with Crippen molar-refractivity contribution in [2.75, 3.05) is 6.54 Å². The molecule has 0 amide bonds. The average Bonchev–Trinajstić information content (AvgIpc) is 2.85. The maximum absolute atomic E-state index is 9.65. The Labute approximate surface area is 118 Å². The molecule has 2 aromatic rings. The van der Waals surface area contributed by atoms with Gasteiger partial charge in [-0.25, -0.2) is 0 Å². The van der Waals surface area contributed by atoms with Crippen molar-refractivity contribution in [3.8, 4) is 5.75 Å². The molecule has 3 rings (SSSR count). The predicted octanol–water partition coefficient (Wildman–Crippen LogP) is 2.29. The van der Waals surface area contributed by atoms with Crippen molar-refractivity contribution in [1.82, 2.24) is 15.5 Å². The van der Waals surface area contributed by atoms with E-state index in [1.165, 1.54) is 17.5 Å². The molecule has 0 saturated carbocycles. The summed E-state index contributed by atoms with van der Waals surface area (Å²) in [4.78, 5) is 4.19. The Morgan fingerprint density at radius 3 is 3.15 bits per heavy atom. The van der Waals surface area contributed by atoms with E-state index in [9.17, 15) is 5.11 Å².